The van der Waals surface area contributed by atoms with Gasteiger partial charge in [-0.25, -0.2) is 0 Å². The Hall–Kier alpha value is -3.02. The maximum atomic E-state index is 10.8. The van der Waals surface area contributed by atoms with Gasteiger partial charge in [-0.2, -0.15) is 0 Å². The number of hydrogen-bond acceptors (Lipinski definition) is 9. The molecule has 200 valence electrons. The van der Waals surface area contributed by atoms with Crippen molar-refractivity contribution < 1.29 is 39.5 Å². The second-order valence-corrected chi connectivity index (χ2v) is 9.75. The molecule has 2 aliphatic rings. The molecule has 9 nitrogen and oxygen atoms in total. The lowest BCUT2D eigenvalue weighted by atomic mass is 9.83. The Kier molecular flexibility index (Phi) is 7.43. The summed E-state index contributed by atoms with van der Waals surface area (Å²) in [7, 11) is 1.47. The topological polar surface area (TPSA) is 130 Å². The van der Waals surface area contributed by atoms with Crippen LogP contribution in [0, 0.1) is 0 Å². The minimum atomic E-state index is -1.75. The summed E-state index contributed by atoms with van der Waals surface area (Å²) >= 11 is 6.50. The molecule has 0 amide bonds. The van der Waals surface area contributed by atoms with E-state index >= 15 is 0 Å². The zero-order valence-electron chi connectivity index (χ0n) is 20.5. The lowest BCUT2D eigenvalue weighted by molar-refractivity contribution is -0.329. The van der Waals surface area contributed by atoms with Gasteiger partial charge < -0.3 is 39.5 Å². The number of fused-ring (bicyclic) bond motifs is 2. The van der Waals surface area contributed by atoms with Crippen molar-refractivity contribution in [1.29, 1.82) is 0 Å². The Morgan fingerprint density at radius 1 is 1.05 bits per heavy atom. The van der Waals surface area contributed by atoms with Crippen LogP contribution in [-0.4, -0.2) is 70.9 Å². The molecule has 2 bridgehead atoms. The molecular formula is C28H28ClNO8. The lowest BCUT2D eigenvalue weighted by Crippen LogP contribution is -2.65. The van der Waals surface area contributed by atoms with Crippen molar-refractivity contribution in [3.05, 3.63) is 94.0 Å². The van der Waals surface area contributed by atoms with Crippen LogP contribution in [0.5, 0.6) is 11.5 Å². The summed E-state index contributed by atoms with van der Waals surface area (Å²) in [5, 5.41) is 45.8. The van der Waals surface area contributed by atoms with Gasteiger partial charge in [0.25, 0.3) is 0 Å². The molecule has 0 spiro atoms. The molecule has 4 N–H and O–H groups in total. The van der Waals surface area contributed by atoms with E-state index < -0.39 is 36.3 Å². The second-order valence-electron chi connectivity index (χ2n) is 9.35. The lowest BCUT2D eigenvalue weighted by Gasteiger charge is -2.46. The fourth-order valence-corrected chi connectivity index (χ4v) is 5.00. The fraction of sp³-hybridized carbons (Fsp3) is 0.321. The van der Waals surface area contributed by atoms with Gasteiger partial charge in [-0.05, 0) is 53.9 Å². The number of halogens is 1. The smallest absolute Gasteiger partial charge is 0.225 e. The highest BCUT2D eigenvalue weighted by Gasteiger charge is 2.67. The number of hydrogen-bond donors (Lipinski definition) is 4. The predicted molar refractivity (Wildman–Crippen MR) is 138 cm³/mol. The molecule has 0 aliphatic carbocycles. The Bertz CT molecular complexity index is 1320. The van der Waals surface area contributed by atoms with Crippen molar-refractivity contribution in [2.75, 3.05) is 20.3 Å². The van der Waals surface area contributed by atoms with Crippen LogP contribution in [0.2, 0.25) is 5.02 Å². The van der Waals surface area contributed by atoms with Crippen LogP contribution in [0.4, 0.5) is 0 Å². The van der Waals surface area contributed by atoms with E-state index in [1.54, 1.807) is 24.4 Å². The Morgan fingerprint density at radius 2 is 1.82 bits per heavy atom. The van der Waals surface area contributed by atoms with E-state index in [-0.39, 0.29) is 6.61 Å². The summed E-state index contributed by atoms with van der Waals surface area (Å²) in [5.41, 5.74) is 1.32. The SMILES string of the molecule is CO/N=C/c1ccccc1Oc1ccc(Cc2cc([C@]34OC[C@](CO)(O3)[C@@H](O)[C@H](O)[C@H]4O)ccc2Cl)cc1. The summed E-state index contributed by atoms with van der Waals surface area (Å²) in [6, 6.07) is 20.0. The van der Waals surface area contributed by atoms with E-state index in [2.05, 4.69) is 5.16 Å². The summed E-state index contributed by atoms with van der Waals surface area (Å²) in [6.45, 7) is -0.781. The van der Waals surface area contributed by atoms with E-state index in [0.29, 0.717) is 28.5 Å². The van der Waals surface area contributed by atoms with Gasteiger partial charge in [-0.15, -0.1) is 0 Å². The molecule has 10 heteroatoms. The van der Waals surface area contributed by atoms with E-state index in [1.165, 1.54) is 7.11 Å². The average Bonchev–Trinajstić information content (AvgIpc) is 3.33. The molecule has 2 fully saturated rings. The highest BCUT2D eigenvalue weighted by molar-refractivity contribution is 6.31. The van der Waals surface area contributed by atoms with Gasteiger partial charge in [-0.3, -0.25) is 0 Å². The van der Waals surface area contributed by atoms with Crippen molar-refractivity contribution in [2.45, 2.75) is 36.1 Å². The number of benzene rings is 3. The third kappa shape index (κ3) is 4.67. The summed E-state index contributed by atoms with van der Waals surface area (Å²) in [5.74, 6) is -0.487. The fourth-order valence-electron chi connectivity index (χ4n) is 4.81. The highest BCUT2D eigenvalue weighted by Crippen LogP contribution is 2.49. The van der Waals surface area contributed by atoms with Crippen LogP contribution in [-0.2, 0) is 26.5 Å². The maximum absolute atomic E-state index is 10.8. The standard InChI is InChI=1S/C28H28ClNO8/c1-35-30-14-18-4-2-3-5-23(18)37-21-9-6-17(7-10-21)12-19-13-20(8-11-22(19)29)28-26(34)24(32)25(33)27(15-31,38-28)16-36-28/h2-11,13-14,24-26,31-34H,12,15-16H2,1H3/b30-14+/t24-,25-,26+,27-,28-/m0/s1. The van der Waals surface area contributed by atoms with Crippen molar-refractivity contribution in [2.24, 2.45) is 5.16 Å². The van der Waals surface area contributed by atoms with Crippen LogP contribution in [0.3, 0.4) is 0 Å². The first kappa shape index (κ1) is 26.6. The maximum Gasteiger partial charge on any atom is 0.225 e. The number of rotatable bonds is 8. The van der Waals surface area contributed by atoms with Gasteiger partial charge in [-0.1, -0.05) is 47.1 Å². The minimum absolute atomic E-state index is 0.196. The van der Waals surface area contributed by atoms with Gasteiger partial charge in [0.15, 0.2) is 0 Å². The second kappa shape index (κ2) is 10.6. The molecule has 0 saturated carbocycles. The van der Waals surface area contributed by atoms with Gasteiger partial charge in [0, 0.05) is 16.1 Å². The highest BCUT2D eigenvalue weighted by atomic mass is 35.5. The summed E-state index contributed by atoms with van der Waals surface area (Å²) in [4.78, 5) is 4.76. The molecule has 38 heavy (non-hydrogen) atoms. The van der Waals surface area contributed by atoms with Gasteiger partial charge in [0.2, 0.25) is 5.79 Å². The molecule has 2 saturated heterocycles. The number of nitrogens with zero attached hydrogens (tertiary/aromatic N) is 1. The van der Waals surface area contributed by atoms with E-state index in [9.17, 15) is 20.4 Å². The van der Waals surface area contributed by atoms with Crippen LogP contribution >= 0.6 is 11.6 Å². The quantitative estimate of drug-likeness (QED) is 0.253. The number of oxime groups is 1. The monoisotopic (exact) mass is 541 g/mol. The molecule has 2 aliphatic heterocycles. The average molecular weight is 542 g/mol. The summed E-state index contributed by atoms with van der Waals surface area (Å²) in [6.07, 6.45) is -2.64. The third-order valence-electron chi connectivity index (χ3n) is 6.94. The number of aliphatic hydroxyl groups is 4. The molecule has 0 aromatic heterocycles. The third-order valence-corrected chi connectivity index (χ3v) is 7.31. The normalized spacial score (nSPS) is 28.5. The van der Waals surface area contributed by atoms with Crippen LogP contribution in [0.25, 0.3) is 0 Å². The molecule has 5 rings (SSSR count). The zero-order chi connectivity index (χ0) is 26.9. The summed E-state index contributed by atoms with van der Waals surface area (Å²) < 4.78 is 17.8. The Morgan fingerprint density at radius 3 is 2.55 bits per heavy atom. The first-order valence-electron chi connectivity index (χ1n) is 12.0. The van der Waals surface area contributed by atoms with E-state index in [0.717, 1.165) is 16.7 Å². The van der Waals surface area contributed by atoms with Gasteiger partial charge in [0.1, 0.15) is 42.5 Å². The van der Waals surface area contributed by atoms with Crippen molar-refractivity contribution in [3.63, 3.8) is 0 Å². The molecule has 3 aromatic carbocycles. The van der Waals surface area contributed by atoms with Crippen LogP contribution in [0.1, 0.15) is 22.3 Å². The predicted octanol–water partition coefficient (Wildman–Crippen LogP) is 2.73. The number of aliphatic hydroxyl groups excluding tert-OH is 4. The Balaban J connectivity index is 1.37. The van der Waals surface area contributed by atoms with E-state index in [4.69, 9.17) is 30.6 Å². The van der Waals surface area contributed by atoms with Crippen molar-refractivity contribution in [1.82, 2.24) is 0 Å². The zero-order valence-corrected chi connectivity index (χ0v) is 21.3. The van der Waals surface area contributed by atoms with Gasteiger partial charge in [0.05, 0.1) is 19.4 Å². The molecule has 5 atom stereocenters. The van der Waals surface area contributed by atoms with Crippen molar-refractivity contribution in [3.8, 4) is 11.5 Å². The molecule has 2 heterocycles. The number of para-hydroxylation sites is 1. The Labute approximate surface area is 224 Å². The first-order chi connectivity index (χ1) is 18.3. The van der Waals surface area contributed by atoms with Crippen LogP contribution in [0.15, 0.2) is 71.9 Å². The molecule has 3 aromatic rings. The number of ether oxygens (including phenoxy) is 3. The van der Waals surface area contributed by atoms with E-state index in [1.807, 2.05) is 48.5 Å². The molecular weight excluding hydrogens is 514 g/mol. The molecule has 0 radical (unpaired) electrons. The molecule has 0 unspecified atom stereocenters. The first-order valence-corrected chi connectivity index (χ1v) is 12.4. The minimum Gasteiger partial charge on any atom is -0.457 e. The van der Waals surface area contributed by atoms with Crippen LogP contribution < -0.4 is 4.74 Å². The largest absolute Gasteiger partial charge is 0.457 e. The van der Waals surface area contributed by atoms with Crippen molar-refractivity contribution >= 4 is 17.8 Å². The van der Waals surface area contributed by atoms with Gasteiger partial charge >= 0.3 is 0 Å².